The number of hydrogen-bond acceptors (Lipinski definition) is 5. The third-order valence-electron chi connectivity index (χ3n) is 3.72. The second kappa shape index (κ2) is 6.19. The zero-order valence-electron chi connectivity index (χ0n) is 12.9. The van der Waals surface area contributed by atoms with E-state index < -0.39 is 0 Å². The molecular formula is C18H11N5OS. The number of nitriles is 1. The molecule has 0 unspecified atom stereocenters. The van der Waals surface area contributed by atoms with Gasteiger partial charge in [-0.2, -0.15) is 10.4 Å². The Balaban J connectivity index is 1.74. The van der Waals surface area contributed by atoms with Crippen molar-refractivity contribution in [3.63, 3.8) is 0 Å². The van der Waals surface area contributed by atoms with Crippen LogP contribution in [0.25, 0.3) is 16.2 Å². The lowest BCUT2D eigenvalue weighted by Gasteiger charge is -2.06. The molecule has 1 N–H and O–H groups in total. The largest absolute Gasteiger partial charge is 0.321 e. The van der Waals surface area contributed by atoms with Gasteiger partial charge in [0.05, 0.1) is 28.0 Å². The second-order valence-corrected chi connectivity index (χ2v) is 6.16. The molecule has 0 aliphatic heterocycles. The third kappa shape index (κ3) is 2.65. The molecule has 0 saturated carbocycles. The summed E-state index contributed by atoms with van der Waals surface area (Å²) in [6.07, 6.45) is 3.15. The van der Waals surface area contributed by atoms with E-state index >= 15 is 0 Å². The Bertz CT molecular complexity index is 1110. The average molecular weight is 345 g/mol. The summed E-state index contributed by atoms with van der Waals surface area (Å²) >= 11 is 1.59. The van der Waals surface area contributed by atoms with E-state index in [9.17, 15) is 4.79 Å². The molecule has 3 aromatic heterocycles. The van der Waals surface area contributed by atoms with Crippen LogP contribution in [-0.2, 0) is 0 Å². The van der Waals surface area contributed by atoms with E-state index in [0.29, 0.717) is 22.5 Å². The number of thiophene rings is 1. The van der Waals surface area contributed by atoms with Crippen molar-refractivity contribution < 1.29 is 4.79 Å². The Hall–Kier alpha value is -3.50. The molecule has 4 aromatic rings. The molecule has 7 heteroatoms. The fraction of sp³-hybridized carbons (Fsp3) is 0. The van der Waals surface area contributed by atoms with Crippen molar-refractivity contribution in [2.45, 2.75) is 0 Å². The van der Waals surface area contributed by atoms with Crippen LogP contribution in [0.3, 0.4) is 0 Å². The van der Waals surface area contributed by atoms with Gasteiger partial charge in [-0.3, -0.25) is 4.79 Å². The molecule has 0 bridgehead atoms. The summed E-state index contributed by atoms with van der Waals surface area (Å²) in [6.45, 7) is 0. The number of carbonyl (C=O) groups is 1. The molecule has 0 fully saturated rings. The van der Waals surface area contributed by atoms with Gasteiger partial charge >= 0.3 is 0 Å². The van der Waals surface area contributed by atoms with Crippen LogP contribution in [0.2, 0.25) is 0 Å². The van der Waals surface area contributed by atoms with Crippen LogP contribution >= 0.6 is 11.3 Å². The highest BCUT2D eigenvalue weighted by Crippen LogP contribution is 2.25. The van der Waals surface area contributed by atoms with Crippen LogP contribution in [-0.4, -0.2) is 20.5 Å². The molecule has 1 amide bonds. The average Bonchev–Trinajstić information content (AvgIpc) is 3.31. The molecule has 0 saturated heterocycles. The second-order valence-electron chi connectivity index (χ2n) is 5.21. The number of carbonyl (C=O) groups excluding carboxylic acids is 1. The molecule has 0 spiro atoms. The highest BCUT2D eigenvalue weighted by Gasteiger charge is 2.17. The number of amides is 1. The first kappa shape index (κ1) is 15.1. The third-order valence-corrected chi connectivity index (χ3v) is 4.61. The number of benzene rings is 1. The minimum atomic E-state index is -0.353. The molecule has 3 heterocycles. The summed E-state index contributed by atoms with van der Waals surface area (Å²) in [7, 11) is 0. The fourth-order valence-corrected chi connectivity index (χ4v) is 3.28. The van der Waals surface area contributed by atoms with Crippen molar-refractivity contribution in [2.24, 2.45) is 0 Å². The number of hydrogen-bond donors (Lipinski definition) is 1. The van der Waals surface area contributed by atoms with E-state index in [1.807, 2.05) is 23.6 Å². The van der Waals surface area contributed by atoms with Gasteiger partial charge in [0.1, 0.15) is 11.6 Å². The predicted octanol–water partition coefficient (Wildman–Crippen LogP) is 3.58. The first-order chi connectivity index (χ1) is 12.3. The maximum absolute atomic E-state index is 12.6. The molecule has 120 valence electrons. The fourth-order valence-electron chi connectivity index (χ4n) is 2.54. The summed E-state index contributed by atoms with van der Waals surface area (Å²) < 4.78 is 1.65. The van der Waals surface area contributed by atoms with Crippen LogP contribution in [0.4, 0.5) is 5.69 Å². The van der Waals surface area contributed by atoms with E-state index in [2.05, 4.69) is 21.5 Å². The van der Waals surface area contributed by atoms with Crippen molar-refractivity contribution in [3.05, 3.63) is 71.4 Å². The lowest BCUT2D eigenvalue weighted by atomic mass is 10.2. The van der Waals surface area contributed by atoms with E-state index in [1.54, 1.807) is 46.3 Å². The van der Waals surface area contributed by atoms with Gasteiger partial charge in [-0.15, -0.1) is 11.3 Å². The van der Waals surface area contributed by atoms with E-state index in [1.165, 1.54) is 6.20 Å². The van der Waals surface area contributed by atoms with Crippen LogP contribution in [0, 0.1) is 11.3 Å². The number of nitrogens with zero attached hydrogens (tertiary/aromatic N) is 4. The zero-order chi connectivity index (χ0) is 17.2. The van der Waals surface area contributed by atoms with E-state index in [4.69, 9.17) is 5.26 Å². The summed E-state index contributed by atoms with van der Waals surface area (Å²) in [4.78, 5) is 18.0. The van der Waals surface area contributed by atoms with Crippen LogP contribution in [0.5, 0.6) is 0 Å². The molecule has 25 heavy (non-hydrogen) atoms. The molecule has 1 aromatic carbocycles. The first-order valence-electron chi connectivity index (χ1n) is 7.45. The van der Waals surface area contributed by atoms with Gasteiger partial charge in [-0.25, -0.2) is 9.50 Å². The Morgan fingerprint density at radius 2 is 2.08 bits per heavy atom. The summed E-state index contributed by atoms with van der Waals surface area (Å²) in [5.41, 5.74) is 2.56. The number of fused-ring (bicyclic) bond motifs is 1. The van der Waals surface area contributed by atoms with Crippen molar-refractivity contribution in [3.8, 4) is 16.6 Å². The smallest absolute Gasteiger partial charge is 0.261 e. The van der Waals surface area contributed by atoms with Gasteiger partial charge in [0.15, 0.2) is 5.65 Å². The van der Waals surface area contributed by atoms with Gasteiger partial charge in [-0.1, -0.05) is 18.2 Å². The quantitative estimate of drug-likeness (QED) is 0.615. The van der Waals surface area contributed by atoms with Gasteiger partial charge in [-0.05, 0) is 29.6 Å². The molecule has 6 nitrogen and oxygen atoms in total. The van der Waals surface area contributed by atoms with Gasteiger partial charge in [0.25, 0.3) is 5.91 Å². The minimum absolute atomic E-state index is 0.353. The maximum Gasteiger partial charge on any atom is 0.261 e. The van der Waals surface area contributed by atoms with Crippen LogP contribution in [0.1, 0.15) is 15.9 Å². The Labute approximate surface area is 147 Å². The molecule has 0 radical (unpaired) electrons. The minimum Gasteiger partial charge on any atom is -0.321 e. The number of nitrogens with one attached hydrogen (secondary N) is 1. The van der Waals surface area contributed by atoms with E-state index in [0.717, 1.165) is 10.6 Å². The van der Waals surface area contributed by atoms with Crippen molar-refractivity contribution in [2.75, 3.05) is 5.32 Å². The molecule has 4 rings (SSSR count). The Kier molecular flexibility index (Phi) is 3.72. The number of aromatic nitrogens is 3. The van der Waals surface area contributed by atoms with Gasteiger partial charge < -0.3 is 5.32 Å². The number of anilines is 1. The van der Waals surface area contributed by atoms with Gasteiger partial charge in [0.2, 0.25) is 0 Å². The maximum atomic E-state index is 12.6. The number of para-hydroxylation sites is 1. The summed E-state index contributed by atoms with van der Waals surface area (Å²) in [5, 5.41) is 18.2. The lowest BCUT2D eigenvalue weighted by molar-refractivity contribution is 0.102. The highest BCUT2D eigenvalue weighted by molar-refractivity contribution is 7.13. The number of rotatable bonds is 3. The van der Waals surface area contributed by atoms with Crippen LogP contribution < -0.4 is 5.32 Å². The van der Waals surface area contributed by atoms with Crippen molar-refractivity contribution in [1.82, 2.24) is 14.6 Å². The predicted molar refractivity (Wildman–Crippen MR) is 95.4 cm³/mol. The highest BCUT2D eigenvalue weighted by atomic mass is 32.1. The monoisotopic (exact) mass is 345 g/mol. The Morgan fingerprint density at radius 1 is 1.20 bits per heavy atom. The van der Waals surface area contributed by atoms with Crippen molar-refractivity contribution in [1.29, 1.82) is 5.26 Å². The Morgan fingerprint density at radius 3 is 2.88 bits per heavy atom. The summed E-state index contributed by atoms with van der Waals surface area (Å²) in [6, 6.07) is 14.7. The first-order valence-corrected chi connectivity index (χ1v) is 8.33. The zero-order valence-corrected chi connectivity index (χ0v) is 13.7. The van der Waals surface area contributed by atoms with E-state index in [-0.39, 0.29) is 5.91 Å². The van der Waals surface area contributed by atoms with Gasteiger partial charge in [0, 0.05) is 6.20 Å². The SMILES string of the molecule is N#Cc1ccccc1NC(=O)c1cnn2c(-c3cccs3)ccnc12. The van der Waals surface area contributed by atoms with Crippen LogP contribution in [0.15, 0.2) is 60.2 Å². The molecule has 0 atom stereocenters. The molecular weight excluding hydrogens is 334 g/mol. The van der Waals surface area contributed by atoms with Crippen molar-refractivity contribution >= 4 is 28.6 Å². The molecule has 0 aliphatic rings. The topological polar surface area (TPSA) is 83.1 Å². The normalized spacial score (nSPS) is 10.5. The standard InChI is InChI=1S/C18H11N5OS/c19-10-12-4-1-2-5-14(12)22-18(24)13-11-21-23-15(7-8-20-17(13)23)16-6-3-9-25-16/h1-9,11H,(H,22,24). The lowest BCUT2D eigenvalue weighted by Crippen LogP contribution is -2.13. The molecule has 0 aliphatic carbocycles. The summed E-state index contributed by atoms with van der Waals surface area (Å²) in [5.74, 6) is -0.353.